The number of rotatable bonds is 7. The highest BCUT2D eigenvalue weighted by molar-refractivity contribution is 5.83. The molecule has 0 fully saturated rings. The van der Waals surface area contributed by atoms with Gasteiger partial charge in [-0.25, -0.2) is 0 Å². The summed E-state index contributed by atoms with van der Waals surface area (Å²) in [7, 11) is 0. The van der Waals surface area contributed by atoms with Crippen molar-refractivity contribution in [2.24, 2.45) is 0 Å². The van der Waals surface area contributed by atoms with Crippen LogP contribution in [0.25, 0.3) is 0 Å². The second-order valence-electron chi connectivity index (χ2n) is 3.47. The number of unbranched alkanes of at least 4 members (excludes halogenated alkanes) is 3. The van der Waals surface area contributed by atoms with Crippen LogP contribution in [-0.2, 0) is 14.3 Å². The van der Waals surface area contributed by atoms with Gasteiger partial charge in [0.2, 0.25) is 0 Å². The minimum absolute atomic E-state index is 0.317. The number of hydrogen-bond donors (Lipinski definition) is 0. The standard InChI is InChI=1S/C12H20O3/c1-3-4-5-6-7-8-9-10-12(14)15-11(2)13/h6-7H,3-5,8-10H2,1-2H3/b7-6+. The quantitative estimate of drug-likeness (QED) is 0.282. The minimum Gasteiger partial charge on any atom is -0.393 e. The lowest BCUT2D eigenvalue weighted by atomic mass is 10.2. The Balaban J connectivity index is 3.34. The van der Waals surface area contributed by atoms with E-state index in [-0.39, 0.29) is 0 Å². The summed E-state index contributed by atoms with van der Waals surface area (Å²) in [5, 5.41) is 0. The fourth-order valence-electron chi connectivity index (χ4n) is 1.13. The van der Waals surface area contributed by atoms with Gasteiger partial charge in [0.25, 0.3) is 0 Å². The van der Waals surface area contributed by atoms with Gasteiger partial charge in [-0.1, -0.05) is 31.9 Å². The highest BCUT2D eigenvalue weighted by Gasteiger charge is 2.03. The maximum absolute atomic E-state index is 10.9. The molecule has 0 spiro atoms. The van der Waals surface area contributed by atoms with E-state index in [0.29, 0.717) is 6.42 Å². The maximum Gasteiger partial charge on any atom is 0.313 e. The molecule has 0 amide bonds. The van der Waals surface area contributed by atoms with E-state index in [1.807, 2.05) is 0 Å². The monoisotopic (exact) mass is 212 g/mol. The Labute approximate surface area is 91.5 Å². The Morgan fingerprint density at radius 2 is 1.73 bits per heavy atom. The van der Waals surface area contributed by atoms with Crippen LogP contribution >= 0.6 is 0 Å². The molecule has 0 aliphatic carbocycles. The lowest BCUT2D eigenvalue weighted by Crippen LogP contribution is -2.08. The first-order valence-electron chi connectivity index (χ1n) is 5.53. The molecular weight excluding hydrogens is 192 g/mol. The average Bonchev–Trinajstić information content (AvgIpc) is 2.15. The third-order valence-electron chi connectivity index (χ3n) is 1.90. The molecule has 0 aromatic heterocycles. The van der Waals surface area contributed by atoms with Crippen molar-refractivity contribution in [3.8, 4) is 0 Å². The Bertz CT molecular complexity index is 219. The Kier molecular flexibility index (Phi) is 8.73. The maximum atomic E-state index is 10.9. The van der Waals surface area contributed by atoms with Crippen molar-refractivity contribution in [2.45, 2.75) is 52.4 Å². The van der Waals surface area contributed by atoms with Crippen LogP contribution in [0.15, 0.2) is 12.2 Å². The van der Waals surface area contributed by atoms with E-state index in [9.17, 15) is 9.59 Å². The third-order valence-corrected chi connectivity index (χ3v) is 1.90. The number of carbonyl (C=O) groups excluding carboxylic acids is 2. The number of ether oxygens (including phenoxy) is 1. The van der Waals surface area contributed by atoms with Crippen molar-refractivity contribution >= 4 is 11.9 Å². The highest BCUT2D eigenvalue weighted by Crippen LogP contribution is 2.01. The van der Waals surface area contributed by atoms with Crippen molar-refractivity contribution in [1.82, 2.24) is 0 Å². The number of hydrogen-bond acceptors (Lipinski definition) is 3. The van der Waals surface area contributed by atoms with E-state index in [4.69, 9.17) is 0 Å². The zero-order valence-electron chi connectivity index (χ0n) is 9.62. The molecule has 0 aliphatic heterocycles. The SMILES string of the molecule is CCCC/C=C/CCCC(=O)OC(C)=O. The van der Waals surface area contributed by atoms with Gasteiger partial charge in [0.1, 0.15) is 0 Å². The summed E-state index contributed by atoms with van der Waals surface area (Å²) in [6.07, 6.45) is 9.67. The van der Waals surface area contributed by atoms with Crippen LogP contribution < -0.4 is 0 Å². The molecule has 3 nitrogen and oxygen atoms in total. The first-order valence-corrected chi connectivity index (χ1v) is 5.53. The topological polar surface area (TPSA) is 43.4 Å². The van der Waals surface area contributed by atoms with Gasteiger partial charge >= 0.3 is 11.9 Å². The smallest absolute Gasteiger partial charge is 0.313 e. The lowest BCUT2D eigenvalue weighted by Gasteiger charge is -1.97. The predicted molar refractivity (Wildman–Crippen MR) is 59.3 cm³/mol. The van der Waals surface area contributed by atoms with Gasteiger partial charge < -0.3 is 4.74 Å². The molecule has 0 radical (unpaired) electrons. The van der Waals surface area contributed by atoms with Gasteiger partial charge in [0.05, 0.1) is 0 Å². The second-order valence-corrected chi connectivity index (χ2v) is 3.47. The molecule has 0 heterocycles. The zero-order chi connectivity index (χ0) is 11.5. The Morgan fingerprint density at radius 3 is 2.27 bits per heavy atom. The van der Waals surface area contributed by atoms with Crippen LogP contribution in [0.3, 0.4) is 0 Å². The summed E-state index contributed by atoms with van der Waals surface area (Å²) in [5.41, 5.74) is 0. The lowest BCUT2D eigenvalue weighted by molar-refractivity contribution is -0.158. The van der Waals surface area contributed by atoms with E-state index in [1.54, 1.807) is 0 Å². The fourth-order valence-corrected chi connectivity index (χ4v) is 1.13. The van der Waals surface area contributed by atoms with E-state index >= 15 is 0 Å². The molecule has 86 valence electrons. The van der Waals surface area contributed by atoms with Crippen molar-refractivity contribution in [3.63, 3.8) is 0 Å². The molecule has 3 heteroatoms. The molecule has 0 saturated heterocycles. The van der Waals surface area contributed by atoms with Crippen LogP contribution in [0, 0.1) is 0 Å². The van der Waals surface area contributed by atoms with Crippen LogP contribution in [0.1, 0.15) is 52.4 Å². The number of esters is 2. The molecule has 0 rings (SSSR count). The van der Waals surface area contributed by atoms with Crippen molar-refractivity contribution in [2.75, 3.05) is 0 Å². The van der Waals surface area contributed by atoms with Crippen molar-refractivity contribution in [1.29, 1.82) is 0 Å². The molecule has 0 unspecified atom stereocenters. The van der Waals surface area contributed by atoms with E-state index in [0.717, 1.165) is 19.3 Å². The molecular formula is C12H20O3. The summed E-state index contributed by atoms with van der Waals surface area (Å²) in [6, 6.07) is 0. The van der Waals surface area contributed by atoms with Gasteiger partial charge in [-0.05, 0) is 19.3 Å². The minimum atomic E-state index is -0.529. The van der Waals surface area contributed by atoms with Crippen LogP contribution in [0.4, 0.5) is 0 Å². The molecule has 0 N–H and O–H groups in total. The van der Waals surface area contributed by atoms with Crippen LogP contribution in [-0.4, -0.2) is 11.9 Å². The normalized spacial score (nSPS) is 10.5. The van der Waals surface area contributed by atoms with Gasteiger partial charge in [0.15, 0.2) is 0 Å². The Hall–Kier alpha value is -1.12. The summed E-state index contributed by atoms with van der Waals surface area (Å²) < 4.78 is 4.39. The van der Waals surface area contributed by atoms with Gasteiger partial charge in [0, 0.05) is 13.3 Å². The summed E-state index contributed by atoms with van der Waals surface area (Å²) in [5.74, 6) is -0.956. The predicted octanol–water partition coefficient (Wildman–Crippen LogP) is 2.99. The summed E-state index contributed by atoms with van der Waals surface area (Å²) in [6.45, 7) is 3.40. The summed E-state index contributed by atoms with van der Waals surface area (Å²) in [4.78, 5) is 21.3. The van der Waals surface area contributed by atoms with Gasteiger partial charge in [-0.2, -0.15) is 0 Å². The van der Waals surface area contributed by atoms with Crippen molar-refractivity contribution in [3.05, 3.63) is 12.2 Å². The van der Waals surface area contributed by atoms with E-state index < -0.39 is 11.9 Å². The second kappa shape index (κ2) is 9.44. The van der Waals surface area contributed by atoms with E-state index in [1.165, 1.54) is 19.8 Å². The molecule has 0 atom stereocenters. The van der Waals surface area contributed by atoms with Gasteiger partial charge in [-0.3, -0.25) is 9.59 Å². The number of carbonyl (C=O) groups is 2. The molecule has 15 heavy (non-hydrogen) atoms. The summed E-state index contributed by atoms with van der Waals surface area (Å²) >= 11 is 0. The van der Waals surface area contributed by atoms with Crippen LogP contribution in [0.5, 0.6) is 0 Å². The van der Waals surface area contributed by atoms with Gasteiger partial charge in [-0.15, -0.1) is 0 Å². The van der Waals surface area contributed by atoms with E-state index in [2.05, 4.69) is 23.8 Å². The highest BCUT2D eigenvalue weighted by atomic mass is 16.6. The first-order chi connectivity index (χ1) is 7.16. The third kappa shape index (κ3) is 10.8. The number of allylic oxidation sites excluding steroid dienone is 2. The van der Waals surface area contributed by atoms with Crippen LogP contribution in [0.2, 0.25) is 0 Å². The average molecular weight is 212 g/mol. The zero-order valence-corrected chi connectivity index (χ0v) is 9.62. The molecule has 0 saturated carbocycles. The molecule has 0 aromatic carbocycles. The molecule has 0 aromatic rings. The van der Waals surface area contributed by atoms with Crippen molar-refractivity contribution < 1.29 is 14.3 Å². The molecule has 0 bridgehead atoms. The largest absolute Gasteiger partial charge is 0.393 e. The molecule has 0 aliphatic rings. The Morgan fingerprint density at radius 1 is 1.13 bits per heavy atom. The fraction of sp³-hybridized carbons (Fsp3) is 0.667. The first kappa shape index (κ1) is 13.9.